The third-order valence-corrected chi connectivity index (χ3v) is 4.86. The minimum Gasteiger partial charge on any atom is -0.356 e. The molecule has 0 unspecified atom stereocenters. The van der Waals surface area contributed by atoms with Crippen LogP contribution in [0.5, 0.6) is 0 Å². The largest absolute Gasteiger partial charge is 0.356 e. The molecule has 24 heavy (non-hydrogen) atoms. The van der Waals surface area contributed by atoms with E-state index in [0.717, 1.165) is 19.4 Å². The molecule has 2 aromatic rings. The Hall–Kier alpha value is -2.44. The summed E-state index contributed by atoms with van der Waals surface area (Å²) in [6.07, 6.45) is 10.9. The Labute approximate surface area is 140 Å². The molecular weight excluding hydrogens is 306 g/mol. The lowest BCUT2D eigenvalue weighted by Gasteiger charge is -2.31. The Balaban J connectivity index is 1.46. The molecule has 4 rings (SSSR count). The number of hydrogen-bond acceptors (Lipinski definition) is 4. The average molecular weight is 327 g/mol. The molecule has 2 fully saturated rings. The molecule has 3 heterocycles. The highest BCUT2D eigenvalue weighted by atomic mass is 16.2. The molecule has 7 nitrogen and oxygen atoms in total. The quantitative estimate of drug-likeness (QED) is 0.912. The van der Waals surface area contributed by atoms with E-state index in [1.165, 1.54) is 12.8 Å². The van der Waals surface area contributed by atoms with Gasteiger partial charge in [-0.1, -0.05) is 0 Å². The summed E-state index contributed by atoms with van der Waals surface area (Å²) in [5.74, 6) is 0.469. The van der Waals surface area contributed by atoms with Crippen molar-refractivity contribution in [3.63, 3.8) is 0 Å². The lowest BCUT2D eigenvalue weighted by atomic mass is 9.96. The molecule has 2 aliphatic rings. The molecule has 2 aromatic heterocycles. The number of rotatable bonds is 4. The minimum absolute atomic E-state index is 0.0754. The van der Waals surface area contributed by atoms with E-state index in [9.17, 15) is 9.59 Å². The molecule has 1 saturated heterocycles. The molecular formula is C17H21N5O2. The third kappa shape index (κ3) is 2.98. The molecule has 126 valence electrons. The number of imidazole rings is 1. The minimum atomic E-state index is -0.147. The van der Waals surface area contributed by atoms with Gasteiger partial charge in [-0.2, -0.15) is 0 Å². The molecule has 1 saturated carbocycles. The zero-order valence-electron chi connectivity index (χ0n) is 13.5. The Kier molecular flexibility index (Phi) is 3.92. The molecule has 0 radical (unpaired) electrons. The molecule has 7 heteroatoms. The summed E-state index contributed by atoms with van der Waals surface area (Å²) in [5, 5.41) is 3.03. The van der Waals surface area contributed by atoms with Crippen molar-refractivity contribution in [2.75, 3.05) is 19.6 Å². The van der Waals surface area contributed by atoms with Gasteiger partial charge >= 0.3 is 0 Å². The van der Waals surface area contributed by atoms with Crippen LogP contribution in [0, 0.1) is 11.8 Å². The van der Waals surface area contributed by atoms with Crippen LogP contribution in [0.2, 0.25) is 0 Å². The second kappa shape index (κ2) is 6.22. The summed E-state index contributed by atoms with van der Waals surface area (Å²) in [7, 11) is 0. The summed E-state index contributed by atoms with van der Waals surface area (Å²) in [6, 6.07) is 0. The van der Waals surface area contributed by atoms with Gasteiger partial charge in [-0.25, -0.2) is 9.97 Å². The normalized spacial score (nSPS) is 21.0. The molecule has 0 spiro atoms. The topological polar surface area (TPSA) is 79.6 Å². The monoisotopic (exact) mass is 327 g/mol. The summed E-state index contributed by atoms with van der Waals surface area (Å²) >= 11 is 0. The Morgan fingerprint density at radius 2 is 1.96 bits per heavy atom. The molecule has 1 N–H and O–H groups in total. The lowest BCUT2D eigenvalue weighted by Crippen LogP contribution is -2.46. The number of carbonyl (C=O) groups excluding carboxylic acids is 2. The van der Waals surface area contributed by atoms with E-state index >= 15 is 0 Å². The standard InChI is InChI=1S/C17H21N5O2/c23-16(20-10-12-3-4-12)13-2-1-7-22(11-13)17(24)14-15-19-6-9-21(15)8-5-18-14/h5-6,8-9,12-13H,1-4,7,10-11H2,(H,20,23)/t13-/m1/s1. The van der Waals surface area contributed by atoms with Gasteiger partial charge in [0.25, 0.3) is 5.91 Å². The summed E-state index contributed by atoms with van der Waals surface area (Å²) in [4.78, 5) is 35.3. The van der Waals surface area contributed by atoms with E-state index in [4.69, 9.17) is 0 Å². The van der Waals surface area contributed by atoms with Gasteiger partial charge in [-0.3, -0.25) is 9.59 Å². The SMILES string of the molecule is O=C(NCC1CC1)[C@@H]1CCCN(C(=O)c2nccn3ccnc23)C1. The van der Waals surface area contributed by atoms with E-state index in [-0.39, 0.29) is 17.7 Å². The number of carbonyl (C=O) groups is 2. The van der Waals surface area contributed by atoms with Gasteiger partial charge in [0, 0.05) is 44.4 Å². The first-order valence-electron chi connectivity index (χ1n) is 8.57. The van der Waals surface area contributed by atoms with Crippen LogP contribution < -0.4 is 5.32 Å². The van der Waals surface area contributed by atoms with E-state index in [1.54, 1.807) is 34.1 Å². The van der Waals surface area contributed by atoms with E-state index in [1.807, 2.05) is 0 Å². The van der Waals surface area contributed by atoms with E-state index in [2.05, 4.69) is 15.3 Å². The fraction of sp³-hybridized carbons (Fsp3) is 0.529. The van der Waals surface area contributed by atoms with Crippen LogP contribution in [-0.2, 0) is 4.79 Å². The number of nitrogens with zero attached hydrogens (tertiary/aromatic N) is 4. The van der Waals surface area contributed by atoms with Crippen molar-refractivity contribution < 1.29 is 9.59 Å². The van der Waals surface area contributed by atoms with Crippen LogP contribution in [0.3, 0.4) is 0 Å². The molecule has 1 atom stereocenters. The highest BCUT2D eigenvalue weighted by Crippen LogP contribution is 2.28. The molecule has 0 aromatic carbocycles. The second-order valence-corrected chi connectivity index (χ2v) is 6.71. The third-order valence-electron chi connectivity index (χ3n) is 4.86. The summed E-state index contributed by atoms with van der Waals surface area (Å²) in [6.45, 7) is 1.89. The maximum atomic E-state index is 12.8. The number of aromatic nitrogens is 3. The highest BCUT2D eigenvalue weighted by Gasteiger charge is 2.31. The number of fused-ring (bicyclic) bond motifs is 1. The van der Waals surface area contributed by atoms with Crippen molar-refractivity contribution in [2.24, 2.45) is 11.8 Å². The maximum absolute atomic E-state index is 12.8. The van der Waals surface area contributed by atoms with E-state index < -0.39 is 0 Å². The van der Waals surface area contributed by atoms with Crippen molar-refractivity contribution in [3.05, 3.63) is 30.5 Å². The first kappa shape index (κ1) is 15.1. The highest BCUT2D eigenvalue weighted by molar-refractivity contribution is 5.98. The molecule has 0 bridgehead atoms. The van der Waals surface area contributed by atoms with Crippen LogP contribution >= 0.6 is 0 Å². The zero-order chi connectivity index (χ0) is 16.5. The molecule has 1 aliphatic heterocycles. The van der Waals surface area contributed by atoms with Crippen molar-refractivity contribution in [2.45, 2.75) is 25.7 Å². The first-order valence-corrected chi connectivity index (χ1v) is 8.57. The fourth-order valence-electron chi connectivity index (χ4n) is 3.24. The van der Waals surface area contributed by atoms with Gasteiger partial charge in [0.05, 0.1) is 5.92 Å². The van der Waals surface area contributed by atoms with Crippen molar-refractivity contribution in [1.82, 2.24) is 24.6 Å². The van der Waals surface area contributed by atoms with Gasteiger partial charge in [0.1, 0.15) is 0 Å². The van der Waals surface area contributed by atoms with Crippen LogP contribution in [0.15, 0.2) is 24.8 Å². The average Bonchev–Trinajstić information content (AvgIpc) is 3.33. The number of hydrogen-bond donors (Lipinski definition) is 1. The van der Waals surface area contributed by atoms with Gasteiger partial charge in [0.15, 0.2) is 11.3 Å². The van der Waals surface area contributed by atoms with Crippen LogP contribution in [0.1, 0.15) is 36.2 Å². The zero-order valence-corrected chi connectivity index (χ0v) is 13.5. The number of likely N-dealkylation sites (tertiary alicyclic amines) is 1. The van der Waals surface area contributed by atoms with Crippen molar-refractivity contribution in [3.8, 4) is 0 Å². The van der Waals surface area contributed by atoms with Gasteiger partial charge in [-0.05, 0) is 31.6 Å². The summed E-state index contributed by atoms with van der Waals surface area (Å²) < 4.78 is 1.78. The summed E-state index contributed by atoms with van der Waals surface area (Å²) in [5.41, 5.74) is 0.907. The van der Waals surface area contributed by atoms with E-state index in [0.29, 0.717) is 30.3 Å². The van der Waals surface area contributed by atoms with Crippen LogP contribution in [-0.4, -0.2) is 50.7 Å². The smallest absolute Gasteiger partial charge is 0.276 e. The van der Waals surface area contributed by atoms with Gasteiger partial charge in [-0.15, -0.1) is 0 Å². The predicted molar refractivity (Wildman–Crippen MR) is 87.3 cm³/mol. The molecule has 1 aliphatic carbocycles. The maximum Gasteiger partial charge on any atom is 0.276 e. The second-order valence-electron chi connectivity index (χ2n) is 6.71. The Bertz CT molecular complexity index is 767. The predicted octanol–water partition coefficient (Wildman–Crippen LogP) is 1.11. The van der Waals surface area contributed by atoms with Crippen LogP contribution in [0.4, 0.5) is 0 Å². The lowest BCUT2D eigenvalue weighted by molar-refractivity contribution is -0.126. The number of nitrogens with one attached hydrogen (secondary N) is 1. The Morgan fingerprint density at radius 1 is 1.17 bits per heavy atom. The van der Waals surface area contributed by atoms with Crippen LogP contribution in [0.25, 0.3) is 5.65 Å². The van der Waals surface area contributed by atoms with Crippen molar-refractivity contribution in [1.29, 1.82) is 0 Å². The van der Waals surface area contributed by atoms with Crippen molar-refractivity contribution >= 4 is 17.5 Å². The van der Waals surface area contributed by atoms with Gasteiger partial charge < -0.3 is 14.6 Å². The Morgan fingerprint density at radius 3 is 2.75 bits per heavy atom. The fourth-order valence-corrected chi connectivity index (χ4v) is 3.24. The first-order chi connectivity index (χ1) is 11.7. The van der Waals surface area contributed by atoms with Gasteiger partial charge in [0.2, 0.25) is 5.91 Å². The number of amides is 2. The molecule has 2 amide bonds. The number of piperidine rings is 1.